The predicted molar refractivity (Wildman–Crippen MR) is 88.7 cm³/mol. The zero-order chi connectivity index (χ0) is 16.7. The Morgan fingerprint density at radius 1 is 1.22 bits per heavy atom. The second kappa shape index (κ2) is 8.24. The van der Waals surface area contributed by atoms with Gasteiger partial charge in [-0.25, -0.2) is 14.8 Å². The van der Waals surface area contributed by atoms with E-state index in [1.54, 1.807) is 17.3 Å². The van der Waals surface area contributed by atoms with Gasteiger partial charge in [0.25, 0.3) is 0 Å². The molecule has 6 heteroatoms. The van der Waals surface area contributed by atoms with Crippen LogP contribution < -0.4 is 5.32 Å². The smallest absolute Gasteiger partial charge is 0.317 e. The number of hydrogen-bond acceptors (Lipinski definition) is 4. The maximum atomic E-state index is 12.1. The van der Waals surface area contributed by atoms with Gasteiger partial charge in [0.1, 0.15) is 6.33 Å². The summed E-state index contributed by atoms with van der Waals surface area (Å²) in [6.07, 6.45) is 5.03. The van der Waals surface area contributed by atoms with Gasteiger partial charge in [-0.1, -0.05) is 24.3 Å². The SMILES string of the molecule is CCN(CCO)C(=O)NC(C)c1ccc(-c2cncnc2)cc1. The normalized spacial score (nSPS) is 11.8. The summed E-state index contributed by atoms with van der Waals surface area (Å²) in [6, 6.07) is 7.65. The van der Waals surface area contributed by atoms with Crippen molar-refractivity contribution in [2.24, 2.45) is 0 Å². The third kappa shape index (κ3) is 4.50. The summed E-state index contributed by atoms with van der Waals surface area (Å²) in [6.45, 7) is 4.68. The number of carbonyl (C=O) groups excluding carboxylic acids is 1. The standard InChI is InChI=1S/C17H22N4O2/c1-3-21(8-9-22)17(23)20-13(2)14-4-6-15(7-5-14)16-10-18-12-19-11-16/h4-7,10-13,22H,3,8-9H2,1-2H3,(H,20,23). The molecule has 0 saturated carbocycles. The first-order valence-electron chi connectivity index (χ1n) is 7.67. The lowest BCUT2D eigenvalue weighted by atomic mass is 10.0. The zero-order valence-corrected chi connectivity index (χ0v) is 13.4. The topological polar surface area (TPSA) is 78.4 Å². The molecule has 23 heavy (non-hydrogen) atoms. The summed E-state index contributed by atoms with van der Waals surface area (Å²) in [4.78, 5) is 21.7. The molecule has 1 aromatic heterocycles. The maximum absolute atomic E-state index is 12.1. The highest BCUT2D eigenvalue weighted by Crippen LogP contribution is 2.20. The number of nitrogens with one attached hydrogen (secondary N) is 1. The van der Waals surface area contributed by atoms with E-state index in [1.165, 1.54) is 6.33 Å². The highest BCUT2D eigenvalue weighted by Gasteiger charge is 2.14. The molecule has 1 atom stereocenters. The number of amides is 2. The molecule has 122 valence electrons. The Kier molecular flexibility index (Phi) is 6.05. The molecular weight excluding hydrogens is 292 g/mol. The van der Waals surface area contributed by atoms with Crippen molar-refractivity contribution in [2.75, 3.05) is 19.7 Å². The van der Waals surface area contributed by atoms with Gasteiger partial charge in [0.15, 0.2) is 0 Å². The van der Waals surface area contributed by atoms with Crippen molar-refractivity contribution in [3.05, 3.63) is 48.5 Å². The molecule has 1 unspecified atom stereocenters. The molecule has 0 aliphatic carbocycles. The predicted octanol–water partition coefficient (Wildman–Crippen LogP) is 2.23. The third-order valence-corrected chi connectivity index (χ3v) is 3.68. The molecule has 2 amide bonds. The van der Waals surface area contributed by atoms with E-state index in [9.17, 15) is 4.79 Å². The molecule has 0 spiro atoms. The highest BCUT2D eigenvalue weighted by molar-refractivity contribution is 5.74. The number of likely N-dealkylation sites (N-methyl/N-ethyl adjacent to an activating group) is 1. The summed E-state index contributed by atoms with van der Waals surface area (Å²) in [5.74, 6) is 0. The molecule has 0 radical (unpaired) electrons. The highest BCUT2D eigenvalue weighted by atomic mass is 16.3. The van der Waals surface area contributed by atoms with Crippen molar-refractivity contribution in [1.29, 1.82) is 0 Å². The van der Waals surface area contributed by atoms with Gasteiger partial charge in [0.05, 0.1) is 12.6 Å². The van der Waals surface area contributed by atoms with Gasteiger partial charge in [-0.2, -0.15) is 0 Å². The Balaban J connectivity index is 2.03. The van der Waals surface area contributed by atoms with Crippen molar-refractivity contribution >= 4 is 6.03 Å². The van der Waals surface area contributed by atoms with Crippen LogP contribution in [0.4, 0.5) is 4.79 Å². The molecule has 0 aliphatic heterocycles. The fraction of sp³-hybridized carbons (Fsp3) is 0.353. The lowest BCUT2D eigenvalue weighted by molar-refractivity contribution is 0.178. The number of aliphatic hydroxyl groups is 1. The minimum atomic E-state index is -0.172. The van der Waals surface area contributed by atoms with Crippen molar-refractivity contribution in [3.63, 3.8) is 0 Å². The van der Waals surface area contributed by atoms with Crippen molar-refractivity contribution in [1.82, 2.24) is 20.2 Å². The Labute approximate surface area is 136 Å². The summed E-state index contributed by atoms with van der Waals surface area (Å²) in [7, 11) is 0. The lowest BCUT2D eigenvalue weighted by Gasteiger charge is -2.23. The second-order valence-corrected chi connectivity index (χ2v) is 5.22. The van der Waals surface area contributed by atoms with Gasteiger partial charge in [-0.3, -0.25) is 0 Å². The summed E-state index contributed by atoms with van der Waals surface area (Å²) in [5.41, 5.74) is 3.00. The number of carbonyl (C=O) groups is 1. The molecule has 2 N–H and O–H groups in total. The molecule has 1 heterocycles. The molecular formula is C17H22N4O2. The Hall–Kier alpha value is -2.47. The van der Waals surface area contributed by atoms with E-state index in [0.29, 0.717) is 13.1 Å². The average Bonchev–Trinajstić information content (AvgIpc) is 2.60. The van der Waals surface area contributed by atoms with E-state index in [-0.39, 0.29) is 18.7 Å². The number of aliphatic hydroxyl groups excluding tert-OH is 1. The van der Waals surface area contributed by atoms with Gasteiger partial charge in [0.2, 0.25) is 0 Å². The third-order valence-electron chi connectivity index (χ3n) is 3.68. The first-order valence-corrected chi connectivity index (χ1v) is 7.67. The van der Waals surface area contributed by atoms with Crippen LogP contribution in [0.2, 0.25) is 0 Å². The number of rotatable bonds is 6. The molecule has 6 nitrogen and oxygen atoms in total. The number of hydrogen-bond donors (Lipinski definition) is 2. The Morgan fingerprint density at radius 3 is 2.43 bits per heavy atom. The minimum Gasteiger partial charge on any atom is -0.395 e. The van der Waals surface area contributed by atoms with E-state index in [4.69, 9.17) is 5.11 Å². The van der Waals surface area contributed by atoms with E-state index in [0.717, 1.165) is 16.7 Å². The van der Waals surface area contributed by atoms with E-state index >= 15 is 0 Å². The molecule has 2 rings (SSSR count). The second-order valence-electron chi connectivity index (χ2n) is 5.22. The molecule has 2 aromatic rings. The molecule has 0 fully saturated rings. The van der Waals surface area contributed by atoms with E-state index in [2.05, 4.69) is 15.3 Å². The maximum Gasteiger partial charge on any atom is 0.317 e. The summed E-state index contributed by atoms with van der Waals surface area (Å²) < 4.78 is 0. The van der Waals surface area contributed by atoms with Crippen LogP contribution in [0.3, 0.4) is 0 Å². The first kappa shape index (κ1) is 16.9. The van der Waals surface area contributed by atoms with E-state index < -0.39 is 0 Å². The monoisotopic (exact) mass is 314 g/mol. The van der Waals surface area contributed by atoms with Crippen molar-refractivity contribution < 1.29 is 9.90 Å². The van der Waals surface area contributed by atoms with Crippen LogP contribution in [0.5, 0.6) is 0 Å². The minimum absolute atomic E-state index is 0.0382. The van der Waals surface area contributed by atoms with Crippen LogP contribution in [-0.2, 0) is 0 Å². The summed E-state index contributed by atoms with van der Waals surface area (Å²) in [5, 5.41) is 11.9. The van der Waals surface area contributed by atoms with Gasteiger partial charge >= 0.3 is 6.03 Å². The number of aromatic nitrogens is 2. The average molecular weight is 314 g/mol. The first-order chi connectivity index (χ1) is 11.2. The van der Waals surface area contributed by atoms with Crippen LogP contribution in [0.25, 0.3) is 11.1 Å². The van der Waals surface area contributed by atoms with Gasteiger partial charge in [0, 0.05) is 31.0 Å². The van der Waals surface area contributed by atoms with Gasteiger partial charge < -0.3 is 15.3 Å². The van der Waals surface area contributed by atoms with Gasteiger partial charge in [-0.05, 0) is 25.0 Å². The largest absolute Gasteiger partial charge is 0.395 e. The van der Waals surface area contributed by atoms with Crippen LogP contribution in [0.15, 0.2) is 43.0 Å². The number of benzene rings is 1. The quantitative estimate of drug-likeness (QED) is 0.857. The fourth-order valence-corrected chi connectivity index (χ4v) is 2.30. The van der Waals surface area contributed by atoms with Crippen LogP contribution in [-0.4, -0.2) is 45.7 Å². The van der Waals surface area contributed by atoms with Gasteiger partial charge in [-0.15, -0.1) is 0 Å². The van der Waals surface area contributed by atoms with Crippen molar-refractivity contribution in [3.8, 4) is 11.1 Å². The molecule has 1 aromatic carbocycles. The van der Waals surface area contributed by atoms with Crippen LogP contribution in [0, 0.1) is 0 Å². The Morgan fingerprint density at radius 2 is 1.87 bits per heavy atom. The van der Waals surface area contributed by atoms with Crippen LogP contribution >= 0.6 is 0 Å². The number of urea groups is 1. The Bertz CT molecular complexity index is 616. The van der Waals surface area contributed by atoms with Crippen LogP contribution in [0.1, 0.15) is 25.5 Å². The molecule has 0 saturated heterocycles. The zero-order valence-electron chi connectivity index (χ0n) is 13.4. The van der Waals surface area contributed by atoms with Crippen molar-refractivity contribution in [2.45, 2.75) is 19.9 Å². The number of nitrogens with zero attached hydrogens (tertiary/aromatic N) is 3. The molecule has 0 aliphatic rings. The fourth-order valence-electron chi connectivity index (χ4n) is 2.30. The lowest BCUT2D eigenvalue weighted by Crippen LogP contribution is -2.42. The summed E-state index contributed by atoms with van der Waals surface area (Å²) >= 11 is 0. The molecule has 0 bridgehead atoms. The van der Waals surface area contributed by atoms with E-state index in [1.807, 2.05) is 38.1 Å².